The zero-order valence-corrected chi connectivity index (χ0v) is 10.4. The number of aryl methyl sites for hydroxylation is 1. The Hall–Kier alpha value is -1.92. The van der Waals surface area contributed by atoms with Gasteiger partial charge in [-0.25, -0.2) is 4.68 Å². The Bertz CT molecular complexity index is 416. The molecule has 0 aliphatic heterocycles. The maximum Gasteiger partial charge on any atom is 0.303 e. The minimum Gasteiger partial charge on any atom is -0.481 e. The standard InChI is InChI=1S/C11H18N4O3/c1-2-9(11(12)18)15-7-8(13-14-15)5-3-4-6-10(16)17/h7,9H,2-6H2,1H3,(H2,12,18)(H,16,17). The van der Waals surface area contributed by atoms with Crippen LogP contribution in [-0.2, 0) is 16.0 Å². The van der Waals surface area contributed by atoms with Gasteiger partial charge >= 0.3 is 5.97 Å². The van der Waals surface area contributed by atoms with Gasteiger partial charge in [0.25, 0.3) is 0 Å². The van der Waals surface area contributed by atoms with Crippen LogP contribution >= 0.6 is 0 Å². The molecule has 0 aromatic carbocycles. The van der Waals surface area contributed by atoms with Crippen LogP contribution in [0.3, 0.4) is 0 Å². The second-order valence-electron chi connectivity index (χ2n) is 4.12. The number of carbonyl (C=O) groups excluding carboxylic acids is 1. The normalized spacial score (nSPS) is 12.3. The Morgan fingerprint density at radius 1 is 1.50 bits per heavy atom. The Kier molecular flexibility index (Phi) is 5.29. The lowest BCUT2D eigenvalue weighted by Gasteiger charge is -2.09. The molecule has 0 spiro atoms. The zero-order chi connectivity index (χ0) is 13.5. The summed E-state index contributed by atoms with van der Waals surface area (Å²) < 4.78 is 1.47. The average molecular weight is 254 g/mol. The van der Waals surface area contributed by atoms with Crippen molar-refractivity contribution in [3.63, 3.8) is 0 Å². The van der Waals surface area contributed by atoms with Crippen LogP contribution < -0.4 is 5.73 Å². The van der Waals surface area contributed by atoms with Crippen LogP contribution in [-0.4, -0.2) is 32.0 Å². The molecule has 1 rings (SSSR count). The molecule has 0 radical (unpaired) electrons. The summed E-state index contributed by atoms with van der Waals surface area (Å²) in [7, 11) is 0. The van der Waals surface area contributed by atoms with Gasteiger partial charge in [0, 0.05) is 12.6 Å². The van der Waals surface area contributed by atoms with Gasteiger partial charge in [0.15, 0.2) is 0 Å². The van der Waals surface area contributed by atoms with Crippen molar-refractivity contribution in [2.24, 2.45) is 5.73 Å². The second-order valence-corrected chi connectivity index (χ2v) is 4.12. The summed E-state index contributed by atoms with van der Waals surface area (Å²) in [5.41, 5.74) is 6.00. The quantitative estimate of drug-likeness (QED) is 0.656. The van der Waals surface area contributed by atoms with E-state index >= 15 is 0 Å². The smallest absolute Gasteiger partial charge is 0.303 e. The van der Waals surface area contributed by atoms with Crippen molar-refractivity contribution in [3.05, 3.63) is 11.9 Å². The van der Waals surface area contributed by atoms with Gasteiger partial charge in [0.05, 0.1) is 5.69 Å². The minimum absolute atomic E-state index is 0.160. The van der Waals surface area contributed by atoms with Gasteiger partial charge in [-0.3, -0.25) is 9.59 Å². The number of unbranched alkanes of at least 4 members (excludes halogenated alkanes) is 1. The number of hydrogen-bond acceptors (Lipinski definition) is 4. The van der Waals surface area contributed by atoms with Crippen LogP contribution in [0.4, 0.5) is 0 Å². The summed E-state index contributed by atoms with van der Waals surface area (Å²) in [6.45, 7) is 1.85. The molecule has 18 heavy (non-hydrogen) atoms. The number of amides is 1. The van der Waals surface area contributed by atoms with E-state index in [4.69, 9.17) is 10.8 Å². The van der Waals surface area contributed by atoms with Gasteiger partial charge in [-0.05, 0) is 25.7 Å². The Balaban J connectivity index is 2.47. The molecule has 0 fully saturated rings. The first kappa shape index (κ1) is 14.1. The number of hydrogen-bond donors (Lipinski definition) is 2. The number of carboxylic acids is 1. The topological polar surface area (TPSA) is 111 Å². The van der Waals surface area contributed by atoms with Crippen LogP contribution in [0.15, 0.2) is 6.20 Å². The monoisotopic (exact) mass is 254 g/mol. The third-order valence-electron chi connectivity index (χ3n) is 2.67. The van der Waals surface area contributed by atoms with Crippen molar-refractivity contribution in [3.8, 4) is 0 Å². The van der Waals surface area contributed by atoms with Gasteiger partial charge < -0.3 is 10.8 Å². The molecule has 1 unspecified atom stereocenters. The van der Waals surface area contributed by atoms with Gasteiger partial charge in [-0.15, -0.1) is 5.10 Å². The van der Waals surface area contributed by atoms with E-state index in [1.807, 2.05) is 6.92 Å². The number of aromatic nitrogens is 3. The fraction of sp³-hybridized carbons (Fsp3) is 0.636. The summed E-state index contributed by atoms with van der Waals surface area (Å²) in [6.07, 6.45) is 4.42. The average Bonchev–Trinajstić information content (AvgIpc) is 2.73. The van der Waals surface area contributed by atoms with E-state index < -0.39 is 17.9 Å². The molecule has 7 nitrogen and oxygen atoms in total. The molecule has 7 heteroatoms. The predicted molar refractivity (Wildman–Crippen MR) is 63.7 cm³/mol. The van der Waals surface area contributed by atoms with E-state index in [1.165, 1.54) is 4.68 Å². The van der Waals surface area contributed by atoms with E-state index in [2.05, 4.69) is 10.3 Å². The van der Waals surface area contributed by atoms with Gasteiger partial charge in [0.2, 0.25) is 5.91 Å². The van der Waals surface area contributed by atoms with Crippen molar-refractivity contribution in [2.75, 3.05) is 0 Å². The summed E-state index contributed by atoms with van der Waals surface area (Å²) in [5, 5.41) is 16.3. The molecular formula is C11H18N4O3. The zero-order valence-electron chi connectivity index (χ0n) is 10.4. The highest BCUT2D eigenvalue weighted by Gasteiger charge is 2.16. The number of primary amides is 1. The van der Waals surface area contributed by atoms with Crippen LogP contribution in [0.5, 0.6) is 0 Å². The van der Waals surface area contributed by atoms with Gasteiger partial charge in [0.1, 0.15) is 6.04 Å². The number of nitrogens with two attached hydrogens (primary N) is 1. The number of aliphatic carboxylic acids is 1. The highest BCUT2D eigenvalue weighted by Crippen LogP contribution is 2.10. The number of nitrogens with zero attached hydrogens (tertiary/aromatic N) is 3. The van der Waals surface area contributed by atoms with E-state index in [9.17, 15) is 9.59 Å². The molecule has 100 valence electrons. The van der Waals surface area contributed by atoms with E-state index in [-0.39, 0.29) is 6.42 Å². The molecule has 1 aromatic rings. The first-order chi connectivity index (χ1) is 8.54. The summed E-state index contributed by atoms with van der Waals surface area (Å²) in [4.78, 5) is 21.5. The Morgan fingerprint density at radius 3 is 2.78 bits per heavy atom. The third-order valence-corrected chi connectivity index (χ3v) is 2.67. The van der Waals surface area contributed by atoms with Gasteiger partial charge in [-0.2, -0.15) is 0 Å². The molecule has 0 aliphatic carbocycles. The Labute approximate surface area is 105 Å². The van der Waals surface area contributed by atoms with Gasteiger partial charge in [-0.1, -0.05) is 12.1 Å². The maximum atomic E-state index is 11.1. The van der Waals surface area contributed by atoms with Crippen molar-refractivity contribution in [2.45, 2.75) is 45.1 Å². The van der Waals surface area contributed by atoms with E-state index in [0.29, 0.717) is 19.3 Å². The van der Waals surface area contributed by atoms with Crippen LogP contribution in [0.25, 0.3) is 0 Å². The molecule has 1 amide bonds. The number of carboxylic acid groups (broad SMARTS) is 1. The molecule has 1 atom stereocenters. The van der Waals surface area contributed by atoms with Crippen molar-refractivity contribution in [1.82, 2.24) is 15.0 Å². The number of rotatable bonds is 8. The second kappa shape index (κ2) is 6.73. The molecule has 0 bridgehead atoms. The van der Waals surface area contributed by atoms with Crippen molar-refractivity contribution < 1.29 is 14.7 Å². The fourth-order valence-corrected chi connectivity index (χ4v) is 1.68. The van der Waals surface area contributed by atoms with Crippen LogP contribution in [0.1, 0.15) is 44.3 Å². The molecule has 0 saturated carbocycles. The maximum absolute atomic E-state index is 11.1. The fourth-order valence-electron chi connectivity index (χ4n) is 1.68. The SMILES string of the molecule is CCC(C(N)=O)n1cc(CCCCC(=O)O)nn1. The summed E-state index contributed by atoms with van der Waals surface area (Å²) in [6, 6.07) is -0.467. The van der Waals surface area contributed by atoms with E-state index in [1.54, 1.807) is 6.20 Å². The van der Waals surface area contributed by atoms with Crippen molar-refractivity contribution >= 4 is 11.9 Å². The molecular weight excluding hydrogens is 236 g/mol. The highest BCUT2D eigenvalue weighted by molar-refractivity contribution is 5.78. The van der Waals surface area contributed by atoms with Crippen LogP contribution in [0, 0.1) is 0 Å². The summed E-state index contributed by atoms with van der Waals surface area (Å²) >= 11 is 0. The third kappa shape index (κ3) is 4.15. The Morgan fingerprint density at radius 2 is 2.22 bits per heavy atom. The van der Waals surface area contributed by atoms with Crippen molar-refractivity contribution in [1.29, 1.82) is 0 Å². The molecule has 1 heterocycles. The molecule has 0 saturated heterocycles. The molecule has 1 aromatic heterocycles. The molecule has 3 N–H and O–H groups in total. The minimum atomic E-state index is -0.793. The predicted octanol–water partition coefficient (Wildman–Crippen LogP) is 0.512. The lowest BCUT2D eigenvalue weighted by molar-refractivity contribution is -0.137. The lowest BCUT2D eigenvalue weighted by Crippen LogP contribution is -2.26. The highest BCUT2D eigenvalue weighted by atomic mass is 16.4. The number of carbonyl (C=O) groups is 2. The molecule has 0 aliphatic rings. The lowest BCUT2D eigenvalue weighted by atomic mass is 10.1. The largest absolute Gasteiger partial charge is 0.481 e. The van der Waals surface area contributed by atoms with E-state index in [0.717, 1.165) is 12.1 Å². The first-order valence-corrected chi connectivity index (χ1v) is 5.96. The van der Waals surface area contributed by atoms with Crippen LogP contribution in [0.2, 0.25) is 0 Å². The first-order valence-electron chi connectivity index (χ1n) is 5.96. The summed E-state index contributed by atoms with van der Waals surface area (Å²) in [5.74, 6) is -1.22.